The topological polar surface area (TPSA) is 49.4 Å². The SMILES string of the molecule is CCCC1NC(=O)CN(CC(C)C(C)C)C1=O. The molecule has 0 spiro atoms. The zero-order valence-corrected chi connectivity index (χ0v) is 11.3. The van der Waals surface area contributed by atoms with Gasteiger partial charge in [-0.05, 0) is 18.3 Å². The van der Waals surface area contributed by atoms with E-state index in [0.717, 1.165) is 12.8 Å². The van der Waals surface area contributed by atoms with Gasteiger partial charge in [-0.1, -0.05) is 34.1 Å². The Labute approximate surface area is 104 Å². The highest BCUT2D eigenvalue weighted by Crippen LogP contribution is 2.15. The molecule has 2 amide bonds. The normalized spacial score (nSPS) is 22.9. The van der Waals surface area contributed by atoms with Crippen molar-refractivity contribution in [3.63, 3.8) is 0 Å². The number of carbonyl (C=O) groups excluding carboxylic acids is 2. The van der Waals surface area contributed by atoms with E-state index in [9.17, 15) is 9.59 Å². The molecule has 1 saturated heterocycles. The molecule has 1 N–H and O–H groups in total. The van der Waals surface area contributed by atoms with E-state index < -0.39 is 0 Å². The number of hydrogen-bond donors (Lipinski definition) is 1. The van der Waals surface area contributed by atoms with Crippen LogP contribution in [0.3, 0.4) is 0 Å². The molecule has 0 bridgehead atoms. The molecule has 98 valence electrons. The van der Waals surface area contributed by atoms with Crippen molar-refractivity contribution in [1.29, 1.82) is 0 Å². The van der Waals surface area contributed by atoms with E-state index in [0.29, 0.717) is 18.4 Å². The number of nitrogens with one attached hydrogen (secondary N) is 1. The summed E-state index contributed by atoms with van der Waals surface area (Å²) in [7, 11) is 0. The fraction of sp³-hybridized carbons (Fsp3) is 0.846. The number of piperazine rings is 1. The highest BCUT2D eigenvalue weighted by molar-refractivity contribution is 5.94. The van der Waals surface area contributed by atoms with Gasteiger partial charge in [0.1, 0.15) is 6.04 Å². The maximum atomic E-state index is 12.1. The third kappa shape index (κ3) is 3.72. The minimum Gasteiger partial charge on any atom is -0.343 e. The summed E-state index contributed by atoms with van der Waals surface area (Å²) in [5, 5.41) is 2.77. The zero-order chi connectivity index (χ0) is 13.0. The lowest BCUT2D eigenvalue weighted by molar-refractivity contribution is -0.145. The molecule has 4 nitrogen and oxygen atoms in total. The molecule has 0 aromatic carbocycles. The summed E-state index contributed by atoms with van der Waals surface area (Å²) in [6, 6.07) is -0.305. The molecule has 0 aromatic rings. The van der Waals surface area contributed by atoms with Crippen molar-refractivity contribution in [1.82, 2.24) is 10.2 Å². The monoisotopic (exact) mass is 240 g/mol. The number of amides is 2. The van der Waals surface area contributed by atoms with Gasteiger partial charge in [-0.2, -0.15) is 0 Å². The summed E-state index contributed by atoms with van der Waals surface area (Å²) in [5.41, 5.74) is 0. The third-order valence-electron chi connectivity index (χ3n) is 3.50. The van der Waals surface area contributed by atoms with Gasteiger partial charge in [0, 0.05) is 6.54 Å². The highest BCUT2D eigenvalue weighted by atomic mass is 16.2. The number of carbonyl (C=O) groups is 2. The van der Waals surface area contributed by atoms with Gasteiger partial charge < -0.3 is 10.2 Å². The molecule has 1 aliphatic heterocycles. The van der Waals surface area contributed by atoms with Crippen molar-refractivity contribution in [3.05, 3.63) is 0 Å². The minimum atomic E-state index is -0.305. The molecule has 1 aliphatic rings. The first-order valence-electron chi connectivity index (χ1n) is 6.53. The molecule has 0 radical (unpaired) electrons. The Morgan fingerprint density at radius 2 is 2.00 bits per heavy atom. The highest BCUT2D eigenvalue weighted by Gasteiger charge is 2.32. The first kappa shape index (κ1) is 14.0. The lowest BCUT2D eigenvalue weighted by Gasteiger charge is -2.34. The van der Waals surface area contributed by atoms with Gasteiger partial charge in [0.25, 0.3) is 0 Å². The van der Waals surface area contributed by atoms with Crippen molar-refractivity contribution in [2.45, 2.75) is 46.6 Å². The second kappa shape index (κ2) is 6.03. The second-order valence-electron chi connectivity index (χ2n) is 5.35. The van der Waals surface area contributed by atoms with Crippen LogP contribution in [0.1, 0.15) is 40.5 Å². The van der Waals surface area contributed by atoms with Crippen LogP contribution >= 0.6 is 0 Å². The molecule has 1 rings (SSSR count). The van der Waals surface area contributed by atoms with Crippen molar-refractivity contribution in [2.24, 2.45) is 11.8 Å². The van der Waals surface area contributed by atoms with Gasteiger partial charge in [-0.3, -0.25) is 9.59 Å². The smallest absolute Gasteiger partial charge is 0.245 e. The molecule has 0 saturated carbocycles. The molecule has 0 aliphatic carbocycles. The van der Waals surface area contributed by atoms with Gasteiger partial charge >= 0.3 is 0 Å². The summed E-state index contributed by atoms with van der Waals surface area (Å²) in [5.74, 6) is 1.00. The summed E-state index contributed by atoms with van der Waals surface area (Å²) in [6.07, 6.45) is 1.64. The Balaban J connectivity index is 2.64. The van der Waals surface area contributed by atoms with Gasteiger partial charge in [-0.25, -0.2) is 0 Å². The quantitative estimate of drug-likeness (QED) is 0.790. The van der Waals surface area contributed by atoms with Crippen LogP contribution in [-0.4, -0.2) is 35.8 Å². The van der Waals surface area contributed by atoms with Crippen molar-refractivity contribution in [2.75, 3.05) is 13.1 Å². The van der Waals surface area contributed by atoms with Gasteiger partial charge in [0.2, 0.25) is 11.8 Å². The molecule has 2 unspecified atom stereocenters. The first-order valence-corrected chi connectivity index (χ1v) is 6.53. The van der Waals surface area contributed by atoms with Crippen LogP contribution in [0.5, 0.6) is 0 Å². The Morgan fingerprint density at radius 3 is 2.53 bits per heavy atom. The van der Waals surface area contributed by atoms with E-state index in [1.54, 1.807) is 4.90 Å². The standard InChI is InChI=1S/C13H24N2O2/c1-5-6-11-13(17)15(8-12(16)14-11)7-10(4)9(2)3/h9-11H,5-8H2,1-4H3,(H,14,16). The number of hydrogen-bond acceptors (Lipinski definition) is 2. The van der Waals surface area contributed by atoms with Crippen molar-refractivity contribution in [3.8, 4) is 0 Å². The van der Waals surface area contributed by atoms with Gasteiger partial charge in [-0.15, -0.1) is 0 Å². The van der Waals surface area contributed by atoms with Crippen LogP contribution in [-0.2, 0) is 9.59 Å². The lowest BCUT2D eigenvalue weighted by Crippen LogP contribution is -2.58. The van der Waals surface area contributed by atoms with E-state index >= 15 is 0 Å². The molecule has 0 aromatic heterocycles. The molecule has 1 fully saturated rings. The van der Waals surface area contributed by atoms with Crippen LogP contribution in [0.2, 0.25) is 0 Å². The number of rotatable bonds is 5. The van der Waals surface area contributed by atoms with Crippen LogP contribution in [0.15, 0.2) is 0 Å². The van der Waals surface area contributed by atoms with E-state index in [4.69, 9.17) is 0 Å². The summed E-state index contributed by atoms with van der Waals surface area (Å²) >= 11 is 0. The fourth-order valence-electron chi connectivity index (χ4n) is 1.97. The third-order valence-corrected chi connectivity index (χ3v) is 3.50. The summed E-state index contributed by atoms with van der Waals surface area (Å²) in [6.45, 7) is 9.33. The van der Waals surface area contributed by atoms with E-state index in [2.05, 4.69) is 26.1 Å². The molecule has 4 heteroatoms. The Bertz CT molecular complexity index is 289. The zero-order valence-electron chi connectivity index (χ0n) is 11.3. The summed E-state index contributed by atoms with van der Waals surface area (Å²) in [4.78, 5) is 25.4. The van der Waals surface area contributed by atoms with Gasteiger partial charge in [0.05, 0.1) is 6.54 Å². The van der Waals surface area contributed by atoms with E-state index in [1.807, 2.05) is 6.92 Å². The van der Waals surface area contributed by atoms with Crippen molar-refractivity contribution < 1.29 is 9.59 Å². The predicted octanol–water partition coefficient (Wildman–Crippen LogP) is 1.41. The maximum Gasteiger partial charge on any atom is 0.245 e. The largest absolute Gasteiger partial charge is 0.343 e. The molecular formula is C13H24N2O2. The predicted molar refractivity (Wildman–Crippen MR) is 67.4 cm³/mol. The van der Waals surface area contributed by atoms with Crippen molar-refractivity contribution >= 4 is 11.8 Å². The Kier molecular flexibility index (Phi) is 4.97. The van der Waals surface area contributed by atoms with E-state index in [-0.39, 0.29) is 24.4 Å². The average molecular weight is 240 g/mol. The summed E-state index contributed by atoms with van der Waals surface area (Å²) < 4.78 is 0. The van der Waals surface area contributed by atoms with Crippen LogP contribution in [0, 0.1) is 11.8 Å². The van der Waals surface area contributed by atoms with Crippen LogP contribution in [0.4, 0.5) is 0 Å². The minimum absolute atomic E-state index is 0.0287. The molecule has 1 heterocycles. The van der Waals surface area contributed by atoms with Crippen LogP contribution < -0.4 is 5.32 Å². The van der Waals surface area contributed by atoms with Gasteiger partial charge in [0.15, 0.2) is 0 Å². The fourth-order valence-corrected chi connectivity index (χ4v) is 1.97. The second-order valence-corrected chi connectivity index (χ2v) is 5.35. The first-order chi connectivity index (χ1) is 7.95. The molecular weight excluding hydrogens is 216 g/mol. The van der Waals surface area contributed by atoms with Crippen LogP contribution in [0.25, 0.3) is 0 Å². The Morgan fingerprint density at radius 1 is 1.35 bits per heavy atom. The molecule has 17 heavy (non-hydrogen) atoms. The number of nitrogens with zero attached hydrogens (tertiary/aromatic N) is 1. The Hall–Kier alpha value is -1.06. The maximum absolute atomic E-state index is 12.1. The lowest BCUT2D eigenvalue weighted by atomic mass is 9.96. The van der Waals surface area contributed by atoms with E-state index in [1.165, 1.54) is 0 Å². The molecule has 2 atom stereocenters. The average Bonchev–Trinajstić information content (AvgIpc) is 2.24.